The first-order chi connectivity index (χ1) is 15.7. The molecular formula is C27H44ClNO6. The highest BCUT2D eigenvalue weighted by Crippen LogP contribution is 2.32. The highest BCUT2D eigenvalue weighted by Gasteiger charge is 2.25. The highest BCUT2D eigenvalue weighted by molar-refractivity contribution is 5.85. The molecule has 0 aliphatic carbocycles. The number of hydrogen-bond acceptors (Lipinski definition) is 6. The molecule has 1 aromatic carbocycles. The van der Waals surface area contributed by atoms with Gasteiger partial charge in [0.25, 0.3) is 0 Å². The Labute approximate surface area is 216 Å². The molecule has 1 aromatic rings. The fraction of sp³-hybridized carbons (Fsp3) is 0.667. The lowest BCUT2D eigenvalue weighted by Crippen LogP contribution is -2.32. The van der Waals surface area contributed by atoms with Crippen LogP contribution in [0.1, 0.15) is 73.8 Å². The van der Waals surface area contributed by atoms with E-state index < -0.39 is 23.9 Å². The van der Waals surface area contributed by atoms with Gasteiger partial charge in [-0.05, 0) is 59.6 Å². The monoisotopic (exact) mass is 513 g/mol. The maximum atomic E-state index is 12.8. The van der Waals surface area contributed by atoms with E-state index in [9.17, 15) is 14.4 Å². The van der Waals surface area contributed by atoms with E-state index in [1.54, 1.807) is 6.07 Å². The van der Waals surface area contributed by atoms with Crippen LogP contribution in [0.5, 0.6) is 11.5 Å². The lowest BCUT2D eigenvalue weighted by Gasteiger charge is -2.24. The van der Waals surface area contributed by atoms with E-state index in [4.69, 9.17) is 20.3 Å². The Kier molecular flexibility index (Phi) is 14.2. The number of carboxylic acids is 1. The lowest BCUT2D eigenvalue weighted by molar-refractivity contribution is -0.139. The number of halogens is 1. The first-order valence-electron chi connectivity index (χ1n) is 12.3. The average molecular weight is 514 g/mol. The van der Waals surface area contributed by atoms with Gasteiger partial charge in [-0.15, -0.1) is 12.4 Å². The van der Waals surface area contributed by atoms with Crippen molar-refractivity contribution in [3.05, 3.63) is 23.8 Å². The van der Waals surface area contributed by atoms with E-state index in [2.05, 4.69) is 55.4 Å². The van der Waals surface area contributed by atoms with Crippen LogP contribution in [-0.4, -0.2) is 29.1 Å². The Morgan fingerprint density at radius 2 is 1.17 bits per heavy atom. The number of esters is 2. The Morgan fingerprint density at radius 1 is 0.771 bits per heavy atom. The third-order valence-electron chi connectivity index (χ3n) is 6.46. The Bertz CT molecular complexity index is 821. The molecule has 0 unspecified atom stereocenters. The fourth-order valence-corrected chi connectivity index (χ4v) is 4.38. The van der Waals surface area contributed by atoms with Gasteiger partial charge in [-0.3, -0.25) is 14.4 Å². The Balaban J connectivity index is 0.0000116. The topological polar surface area (TPSA) is 116 Å². The molecule has 0 amide bonds. The molecule has 200 valence electrons. The largest absolute Gasteiger partial charge is 0.480 e. The zero-order chi connectivity index (χ0) is 26.2. The first-order valence-corrected chi connectivity index (χ1v) is 12.3. The van der Waals surface area contributed by atoms with Gasteiger partial charge in [-0.2, -0.15) is 0 Å². The molecule has 35 heavy (non-hydrogen) atoms. The highest BCUT2D eigenvalue weighted by atomic mass is 35.5. The minimum Gasteiger partial charge on any atom is -0.480 e. The summed E-state index contributed by atoms with van der Waals surface area (Å²) >= 11 is 0. The second kappa shape index (κ2) is 15.1. The van der Waals surface area contributed by atoms with Crippen molar-refractivity contribution in [1.29, 1.82) is 0 Å². The number of carboxylic acid groups (broad SMARTS) is 1. The first kappa shape index (κ1) is 32.9. The molecule has 0 aliphatic rings. The minimum absolute atomic E-state index is 0. The van der Waals surface area contributed by atoms with Gasteiger partial charge in [0.1, 0.15) is 6.04 Å². The van der Waals surface area contributed by atoms with Crippen molar-refractivity contribution in [2.45, 2.75) is 80.7 Å². The van der Waals surface area contributed by atoms with Gasteiger partial charge >= 0.3 is 17.9 Å². The fourth-order valence-electron chi connectivity index (χ4n) is 4.38. The second-order valence-corrected chi connectivity index (χ2v) is 10.6. The van der Waals surface area contributed by atoms with Crippen molar-refractivity contribution >= 4 is 30.3 Å². The van der Waals surface area contributed by atoms with Gasteiger partial charge in [0.2, 0.25) is 0 Å². The molecule has 7 nitrogen and oxygen atoms in total. The summed E-state index contributed by atoms with van der Waals surface area (Å²) in [4.78, 5) is 36.7. The lowest BCUT2D eigenvalue weighted by atomic mass is 9.83. The zero-order valence-electron chi connectivity index (χ0n) is 22.4. The third-order valence-corrected chi connectivity index (χ3v) is 6.46. The predicted molar refractivity (Wildman–Crippen MR) is 140 cm³/mol. The van der Waals surface area contributed by atoms with Crippen molar-refractivity contribution in [2.75, 3.05) is 0 Å². The number of carbonyl (C=O) groups excluding carboxylic acids is 2. The molecule has 0 saturated carbocycles. The van der Waals surface area contributed by atoms with Crippen molar-refractivity contribution < 1.29 is 29.0 Å². The van der Waals surface area contributed by atoms with E-state index >= 15 is 0 Å². The quantitative estimate of drug-likeness (QED) is 0.264. The van der Waals surface area contributed by atoms with Crippen LogP contribution in [0.3, 0.4) is 0 Å². The van der Waals surface area contributed by atoms with E-state index in [0.717, 1.165) is 0 Å². The zero-order valence-corrected chi connectivity index (χ0v) is 23.2. The molecule has 0 aromatic heterocycles. The van der Waals surface area contributed by atoms with Crippen LogP contribution in [0.4, 0.5) is 0 Å². The number of carbonyl (C=O) groups is 3. The van der Waals surface area contributed by atoms with Crippen LogP contribution in [0.15, 0.2) is 18.2 Å². The van der Waals surface area contributed by atoms with Crippen molar-refractivity contribution in [3.8, 4) is 11.5 Å². The van der Waals surface area contributed by atoms with Gasteiger partial charge in [0.05, 0.1) is 0 Å². The maximum Gasteiger partial charge on any atom is 0.320 e. The SMILES string of the molecule is CC(C)C(CC(=O)Oc1ccc(C[C@H](N)C(=O)O)cc1OC(=O)CC(C(C)C)C(C)C)C(C)C.Cl. The van der Waals surface area contributed by atoms with Crippen molar-refractivity contribution in [1.82, 2.24) is 0 Å². The van der Waals surface area contributed by atoms with Gasteiger partial charge in [-0.25, -0.2) is 0 Å². The molecule has 8 heteroatoms. The molecule has 0 bridgehead atoms. The average Bonchev–Trinajstić information content (AvgIpc) is 2.71. The van der Waals surface area contributed by atoms with Crippen LogP contribution >= 0.6 is 12.4 Å². The molecule has 1 atom stereocenters. The predicted octanol–water partition coefficient (Wildman–Crippen LogP) is 5.51. The standard InChI is InChI=1S/C27H43NO6.ClH/c1-15(2)20(16(3)4)13-25(29)33-23-10-9-19(11-22(28)27(31)32)12-24(23)34-26(30)14-21(17(5)6)18(7)8;/h9-10,12,15-18,20-22H,11,13-14,28H2,1-8H3,(H,31,32);1H/t22-;/m0./s1. The molecule has 0 fully saturated rings. The summed E-state index contributed by atoms with van der Waals surface area (Å²) in [5, 5.41) is 9.13. The summed E-state index contributed by atoms with van der Waals surface area (Å²) in [6, 6.07) is 3.61. The van der Waals surface area contributed by atoms with Crippen molar-refractivity contribution in [2.24, 2.45) is 41.2 Å². The Morgan fingerprint density at radius 3 is 1.54 bits per heavy atom. The molecular weight excluding hydrogens is 470 g/mol. The van der Waals surface area contributed by atoms with Gasteiger partial charge in [0, 0.05) is 12.8 Å². The van der Waals surface area contributed by atoms with Crippen LogP contribution in [0.2, 0.25) is 0 Å². The molecule has 0 spiro atoms. The van der Waals surface area contributed by atoms with Crippen LogP contribution in [-0.2, 0) is 20.8 Å². The summed E-state index contributed by atoms with van der Waals surface area (Å²) in [6.45, 7) is 16.6. The normalized spacial score (nSPS) is 12.4. The number of aliphatic carboxylic acids is 1. The molecule has 0 heterocycles. The molecule has 0 saturated heterocycles. The van der Waals surface area contributed by atoms with E-state index in [-0.39, 0.29) is 55.0 Å². The maximum absolute atomic E-state index is 12.8. The molecule has 0 aliphatic heterocycles. The number of ether oxygens (including phenoxy) is 2. The summed E-state index contributed by atoms with van der Waals surface area (Å²) in [7, 11) is 0. The summed E-state index contributed by atoms with van der Waals surface area (Å²) in [5.41, 5.74) is 6.24. The van der Waals surface area contributed by atoms with Gasteiger partial charge < -0.3 is 20.3 Å². The summed E-state index contributed by atoms with van der Waals surface area (Å²) in [5.74, 6) is -0.185. The molecule has 3 N–H and O–H groups in total. The number of benzene rings is 1. The van der Waals surface area contributed by atoms with E-state index in [0.29, 0.717) is 29.2 Å². The van der Waals surface area contributed by atoms with E-state index in [1.807, 2.05) is 0 Å². The summed E-state index contributed by atoms with van der Waals surface area (Å²) in [6.07, 6.45) is 0.527. The Hall–Kier alpha value is -2.12. The van der Waals surface area contributed by atoms with Gasteiger partial charge in [0.15, 0.2) is 11.5 Å². The van der Waals surface area contributed by atoms with Crippen LogP contribution < -0.4 is 15.2 Å². The van der Waals surface area contributed by atoms with E-state index in [1.165, 1.54) is 12.1 Å². The summed E-state index contributed by atoms with van der Waals surface area (Å²) < 4.78 is 11.3. The smallest absolute Gasteiger partial charge is 0.320 e. The van der Waals surface area contributed by atoms with Gasteiger partial charge in [-0.1, -0.05) is 61.5 Å². The molecule has 1 rings (SSSR count). The number of hydrogen-bond donors (Lipinski definition) is 2. The van der Waals surface area contributed by atoms with Crippen LogP contribution in [0.25, 0.3) is 0 Å². The number of rotatable bonds is 13. The number of nitrogens with two attached hydrogens (primary N) is 1. The minimum atomic E-state index is -1.13. The second-order valence-electron chi connectivity index (χ2n) is 10.6. The van der Waals surface area contributed by atoms with Crippen LogP contribution in [0, 0.1) is 35.5 Å². The van der Waals surface area contributed by atoms with Crippen molar-refractivity contribution in [3.63, 3.8) is 0 Å². The third kappa shape index (κ3) is 11.0. The molecule has 0 radical (unpaired) electrons.